The number of nitrogens with one attached hydrogen (secondary N) is 4. The molecule has 2 heterocycles. The summed E-state index contributed by atoms with van der Waals surface area (Å²) in [7, 11) is 1.35. The Kier molecular flexibility index (Phi) is 15.6. The summed E-state index contributed by atoms with van der Waals surface area (Å²) in [6.45, 7) is 10.5. The van der Waals surface area contributed by atoms with Crippen molar-refractivity contribution < 1.29 is 38.9 Å². The number of ether oxygens (including phenoxy) is 1. The predicted molar refractivity (Wildman–Crippen MR) is 242 cm³/mol. The average Bonchev–Trinajstić information content (AvgIpc) is 3.26. The first kappa shape index (κ1) is 48.7. The van der Waals surface area contributed by atoms with Crippen molar-refractivity contribution in [1.29, 1.82) is 5.26 Å². The number of benzene rings is 3. The summed E-state index contributed by atoms with van der Waals surface area (Å²) in [6.07, 6.45) is 0.892. The van der Waals surface area contributed by atoms with E-state index in [1.165, 1.54) is 38.2 Å². The van der Waals surface area contributed by atoms with Gasteiger partial charge in [-0.05, 0) is 80.1 Å². The molecule has 0 spiro atoms. The third-order valence-corrected chi connectivity index (χ3v) is 10.9. The molecular weight excluding hydrogens is 833 g/mol. The van der Waals surface area contributed by atoms with Gasteiger partial charge in [0.15, 0.2) is 5.82 Å². The van der Waals surface area contributed by atoms with Crippen LogP contribution in [0.4, 0.5) is 0 Å². The third kappa shape index (κ3) is 11.6. The minimum absolute atomic E-state index is 0.0314. The number of carbonyl (C=O) groups is 5. The fourth-order valence-electron chi connectivity index (χ4n) is 7.36. The Labute approximate surface area is 377 Å². The van der Waals surface area contributed by atoms with Crippen molar-refractivity contribution in [2.45, 2.75) is 84.0 Å². The van der Waals surface area contributed by atoms with Crippen LogP contribution in [0.25, 0.3) is 22.5 Å². The number of aliphatic hydroxyl groups excluding tert-OH is 1. The van der Waals surface area contributed by atoms with E-state index in [2.05, 4.69) is 52.0 Å². The Bertz CT molecular complexity index is 2510. The fraction of sp³-hybridized carbons (Fsp3) is 0.362. The molecular formula is C47H56N10O8. The second kappa shape index (κ2) is 20.9. The van der Waals surface area contributed by atoms with Crippen molar-refractivity contribution in [3.8, 4) is 40.1 Å². The summed E-state index contributed by atoms with van der Waals surface area (Å²) in [5.41, 5.74) is 15.3. The smallest absolute Gasteiger partial charge is 0.255 e. The predicted octanol–water partition coefficient (Wildman–Crippen LogP) is 3.00. The van der Waals surface area contributed by atoms with E-state index in [1.54, 1.807) is 26.0 Å². The number of phenols is 1. The van der Waals surface area contributed by atoms with E-state index in [0.717, 1.165) is 22.3 Å². The summed E-state index contributed by atoms with van der Waals surface area (Å²) >= 11 is 0. The molecule has 5 amide bonds. The molecule has 0 fully saturated rings. The standard InChI is InChI=1S/C47H56N10O8/c1-25-39(26(2)53-41(52-25)29-9-12-31(13-10-29)47(4,5)6)44(62)55-35(16-17-48)46(64)57(7)40-30-11-14-37(59)33(22-30)34-20-28(8-15-38(34)65-24-32(58)23-50)21-36(43(61)51-19-18-49)56-42(60)27(3)54-45(40)63/h8-15,20,22,24,27,35-36,40,58-59H,16-17,19,21,23,48,50H2,1-7H3,(H,51,61)(H,54,63)(H,55,62)(H,56,60)/b32-24+/t27-,35-,36-,40-/m0/s1. The number of hydrogen-bond donors (Lipinski definition) is 8. The van der Waals surface area contributed by atoms with Crippen LogP contribution in [0, 0.1) is 25.2 Å². The zero-order chi connectivity index (χ0) is 47.7. The molecule has 65 heavy (non-hydrogen) atoms. The van der Waals surface area contributed by atoms with Crippen molar-refractivity contribution in [2.75, 3.05) is 26.7 Å². The molecule has 4 atom stereocenters. The van der Waals surface area contributed by atoms with E-state index in [4.69, 9.17) is 21.5 Å². The number of likely N-dealkylation sites (N-methyl/N-ethyl adjacent to an activating group) is 1. The van der Waals surface area contributed by atoms with Crippen molar-refractivity contribution in [2.24, 2.45) is 11.5 Å². The Balaban J connectivity index is 1.55. The topological polar surface area (TPSA) is 288 Å². The van der Waals surface area contributed by atoms with E-state index >= 15 is 0 Å². The maximum atomic E-state index is 14.6. The Morgan fingerprint density at radius 3 is 2.29 bits per heavy atom. The van der Waals surface area contributed by atoms with Crippen LogP contribution in [0.1, 0.15) is 78.6 Å². The number of hydrogen-bond acceptors (Lipinski definition) is 13. The molecule has 0 radical (unpaired) electrons. The number of nitrogens with two attached hydrogens (primary N) is 2. The van der Waals surface area contributed by atoms with Gasteiger partial charge in [-0.15, -0.1) is 0 Å². The molecule has 0 aliphatic carbocycles. The minimum Gasteiger partial charge on any atom is -0.508 e. The van der Waals surface area contributed by atoms with Gasteiger partial charge in [-0.1, -0.05) is 57.2 Å². The van der Waals surface area contributed by atoms with Gasteiger partial charge in [0.2, 0.25) is 23.6 Å². The lowest BCUT2D eigenvalue weighted by Gasteiger charge is -2.32. The molecule has 1 aliphatic rings. The van der Waals surface area contributed by atoms with Crippen molar-refractivity contribution in [3.05, 3.63) is 106 Å². The average molecular weight is 889 g/mol. The quantitative estimate of drug-likeness (QED) is 0.0751. The van der Waals surface area contributed by atoms with Crippen LogP contribution >= 0.6 is 0 Å². The van der Waals surface area contributed by atoms with Crippen LogP contribution in [-0.2, 0) is 31.0 Å². The number of aliphatic hydroxyl groups is 1. The number of nitrogens with zero attached hydrogens (tertiary/aromatic N) is 4. The number of aromatic nitrogens is 2. The van der Waals surface area contributed by atoms with Gasteiger partial charge in [0.25, 0.3) is 5.91 Å². The van der Waals surface area contributed by atoms with Gasteiger partial charge in [-0.2, -0.15) is 5.26 Å². The summed E-state index contributed by atoms with van der Waals surface area (Å²) in [5.74, 6) is -3.62. The summed E-state index contributed by atoms with van der Waals surface area (Å²) in [4.78, 5) is 80.4. The van der Waals surface area contributed by atoms with E-state index in [0.29, 0.717) is 22.8 Å². The van der Waals surface area contributed by atoms with Gasteiger partial charge < -0.3 is 52.6 Å². The van der Waals surface area contributed by atoms with Gasteiger partial charge >= 0.3 is 0 Å². The van der Waals surface area contributed by atoms with Crippen LogP contribution in [0.3, 0.4) is 0 Å². The molecule has 5 rings (SSSR count). The van der Waals surface area contributed by atoms with Crippen molar-refractivity contribution >= 4 is 29.5 Å². The van der Waals surface area contributed by atoms with Crippen LogP contribution in [0.5, 0.6) is 11.5 Å². The maximum absolute atomic E-state index is 14.6. The summed E-state index contributed by atoms with van der Waals surface area (Å²) in [5, 5.41) is 41.1. The lowest BCUT2D eigenvalue weighted by molar-refractivity contribution is -0.141. The molecule has 4 bridgehead atoms. The van der Waals surface area contributed by atoms with Crippen molar-refractivity contribution in [1.82, 2.24) is 36.1 Å². The maximum Gasteiger partial charge on any atom is 0.255 e. The number of carbonyl (C=O) groups excluding carboxylic acids is 5. The molecule has 1 aromatic heterocycles. The fourth-order valence-corrected chi connectivity index (χ4v) is 7.36. The highest BCUT2D eigenvalue weighted by Crippen LogP contribution is 2.40. The number of rotatable bonds is 12. The Hall–Kier alpha value is -7.36. The molecule has 3 aromatic carbocycles. The minimum atomic E-state index is -1.49. The molecule has 18 heteroatoms. The molecule has 342 valence electrons. The van der Waals surface area contributed by atoms with E-state index < -0.39 is 53.7 Å². The molecule has 1 aliphatic heterocycles. The number of aryl methyl sites for hydroxylation is 2. The Morgan fingerprint density at radius 1 is 1.00 bits per heavy atom. The van der Waals surface area contributed by atoms with Crippen LogP contribution in [-0.4, -0.2) is 99.4 Å². The highest BCUT2D eigenvalue weighted by atomic mass is 16.5. The Morgan fingerprint density at radius 2 is 1.68 bits per heavy atom. The van der Waals surface area contributed by atoms with E-state index in [9.17, 15) is 34.2 Å². The molecule has 18 nitrogen and oxygen atoms in total. The highest BCUT2D eigenvalue weighted by Gasteiger charge is 2.36. The third-order valence-electron chi connectivity index (χ3n) is 10.9. The molecule has 0 unspecified atom stereocenters. The highest BCUT2D eigenvalue weighted by molar-refractivity contribution is 6.00. The lowest BCUT2D eigenvalue weighted by Crippen LogP contribution is -2.56. The first-order valence-corrected chi connectivity index (χ1v) is 21.0. The number of nitriles is 1. The van der Waals surface area contributed by atoms with Gasteiger partial charge in [0.05, 0.1) is 29.6 Å². The van der Waals surface area contributed by atoms with E-state index in [1.807, 2.05) is 30.3 Å². The molecule has 0 saturated carbocycles. The van der Waals surface area contributed by atoms with Crippen LogP contribution in [0.15, 0.2) is 72.7 Å². The zero-order valence-electron chi connectivity index (χ0n) is 37.5. The molecule has 10 N–H and O–H groups in total. The first-order chi connectivity index (χ1) is 30.8. The summed E-state index contributed by atoms with van der Waals surface area (Å²) in [6, 6.07) is 13.4. The van der Waals surface area contributed by atoms with Crippen LogP contribution < -0.4 is 37.5 Å². The number of aromatic hydroxyl groups is 1. The second-order valence-electron chi connectivity index (χ2n) is 16.8. The van der Waals surface area contributed by atoms with Gasteiger partial charge in [-0.3, -0.25) is 24.0 Å². The van der Waals surface area contributed by atoms with E-state index in [-0.39, 0.29) is 77.4 Å². The van der Waals surface area contributed by atoms with Crippen LogP contribution in [0.2, 0.25) is 0 Å². The number of phenolic OH excluding ortho intramolecular Hbond substituents is 1. The number of amides is 5. The summed E-state index contributed by atoms with van der Waals surface area (Å²) < 4.78 is 5.78. The molecule has 4 aromatic rings. The van der Waals surface area contributed by atoms with Crippen molar-refractivity contribution in [3.63, 3.8) is 0 Å². The lowest BCUT2D eigenvalue weighted by atomic mass is 9.86. The largest absolute Gasteiger partial charge is 0.508 e. The van der Waals surface area contributed by atoms with Gasteiger partial charge in [0.1, 0.15) is 54.2 Å². The second-order valence-corrected chi connectivity index (χ2v) is 16.8. The van der Waals surface area contributed by atoms with Gasteiger partial charge in [-0.25, -0.2) is 9.97 Å². The normalized spacial score (nSPS) is 17.0. The first-order valence-electron chi connectivity index (χ1n) is 21.0. The zero-order valence-corrected chi connectivity index (χ0v) is 37.5. The van der Waals surface area contributed by atoms with Gasteiger partial charge in [0, 0.05) is 30.2 Å². The monoisotopic (exact) mass is 888 g/mol. The molecule has 0 saturated heterocycles. The number of fused-ring (bicyclic) bond motifs is 5. The SMILES string of the molecule is Cc1nc(-c2ccc(C(C)(C)C)cc2)nc(C)c1C(=O)N[C@@H](CCN)C(=O)N(C)[C@@H]1C(=O)N[C@@H](C)C(=O)N[C@H](C(=O)NCC#N)Cc2ccc(O/C=C(/O)CN)c(c2)-c2cc1ccc2O.